The van der Waals surface area contributed by atoms with E-state index in [2.05, 4.69) is 49.5 Å². The largest absolute Gasteiger partial charge is 0.349 e. The Bertz CT molecular complexity index is 1320. The number of rotatable bonds is 11. The molecule has 1 heterocycles. The molecule has 3 aromatic carbocycles. The third-order valence-electron chi connectivity index (χ3n) is 8.18. The predicted molar refractivity (Wildman–Crippen MR) is 170 cm³/mol. The molecule has 2 amide bonds. The van der Waals surface area contributed by atoms with Gasteiger partial charge in [-0.3, -0.25) is 9.59 Å². The van der Waals surface area contributed by atoms with Crippen molar-refractivity contribution in [2.24, 2.45) is 0 Å². The van der Waals surface area contributed by atoms with E-state index < -0.39 is 5.41 Å². The summed E-state index contributed by atoms with van der Waals surface area (Å²) in [6, 6.07) is 28.0. The number of nitrogens with zero attached hydrogens (tertiary/aromatic N) is 1. The predicted octanol–water partition coefficient (Wildman–Crippen LogP) is 8.28. The van der Waals surface area contributed by atoms with Crippen molar-refractivity contribution in [1.82, 2.24) is 10.2 Å². The Labute approximate surface area is 246 Å². The molecule has 3 aromatic rings. The van der Waals surface area contributed by atoms with Crippen LogP contribution < -0.4 is 5.32 Å². The van der Waals surface area contributed by atoms with Gasteiger partial charge in [0, 0.05) is 18.7 Å². The monoisotopic (exact) mass is 548 g/mol. The summed E-state index contributed by atoms with van der Waals surface area (Å²) in [6.07, 6.45) is 12.2. The van der Waals surface area contributed by atoms with E-state index in [1.165, 1.54) is 5.57 Å². The molecule has 1 aliphatic heterocycles. The van der Waals surface area contributed by atoms with Crippen molar-refractivity contribution < 1.29 is 9.59 Å². The average Bonchev–Trinajstić information content (AvgIpc) is 3.03. The number of hydrogen-bond acceptors (Lipinski definition) is 2. The molecule has 0 saturated carbocycles. The molecule has 4 nitrogen and oxygen atoms in total. The highest BCUT2D eigenvalue weighted by Gasteiger charge is 2.44. The minimum Gasteiger partial charge on any atom is -0.349 e. The van der Waals surface area contributed by atoms with Gasteiger partial charge in [-0.25, -0.2) is 0 Å². The first-order valence-corrected chi connectivity index (χ1v) is 15.2. The van der Waals surface area contributed by atoms with Crippen LogP contribution >= 0.6 is 0 Å². The molecule has 1 N–H and O–H groups in total. The van der Waals surface area contributed by atoms with Crippen molar-refractivity contribution >= 4 is 17.4 Å². The Morgan fingerprint density at radius 3 is 2.02 bits per heavy atom. The van der Waals surface area contributed by atoms with Crippen LogP contribution in [0.4, 0.5) is 0 Å². The van der Waals surface area contributed by atoms with Gasteiger partial charge in [0.05, 0.1) is 11.5 Å². The number of likely N-dealkylation sites (tertiary alicyclic amines) is 1. The molecule has 1 atom stereocenters. The Morgan fingerprint density at radius 2 is 1.41 bits per heavy atom. The molecule has 0 spiro atoms. The maximum atomic E-state index is 13.9. The van der Waals surface area contributed by atoms with Crippen molar-refractivity contribution in [3.8, 4) is 0 Å². The molecule has 0 aliphatic carbocycles. The molecule has 0 aromatic heterocycles. The number of benzene rings is 3. The van der Waals surface area contributed by atoms with E-state index >= 15 is 0 Å². The Kier molecular flexibility index (Phi) is 10.7. The summed E-state index contributed by atoms with van der Waals surface area (Å²) in [5.41, 5.74) is 4.45. The summed E-state index contributed by atoms with van der Waals surface area (Å²) >= 11 is 0. The first kappa shape index (κ1) is 30.0. The van der Waals surface area contributed by atoms with Gasteiger partial charge in [0.2, 0.25) is 5.91 Å². The number of carbonyl (C=O) groups excluding carboxylic acids is 2. The van der Waals surface area contributed by atoms with E-state index in [0.29, 0.717) is 31.5 Å². The van der Waals surface area contributed by atoms with Crippen LogP contribution in [0.2, 0.25) is 0 Å². The van der Waals surface area contributed by atoms with E-state index in [4.69, 9.17) is 0 Å². The second-order valence-corrected chi connectivity index (χ2v) is 11.1. The highest BCUT2D eigenvalue weighted by atomic mass is 16.2. The number of allylic oxidation sites excluding steroid dienone is 4. The van der Waals surface area contributed by atoms with Crippen molar-refractivity contribution in [2.75, 3.05) is 13.1 Å². The molecule has 1 fully saturated rings. The van der Waals surface area contributed by atoms with Crippen molar-refractivity contribution in [2.45, 2.75) is 70.8 Å². The van der Waals surface area contributed by atoms with Crippen LogP contribution in [0.1, 0.15) is 92.4 Å². The Morgan fingerprint density at radius 1 is 0.829 bits per heavy atom. The lowest BCUT2D eigenvalue weighted by Crippen LogP contribution is -2.53. The average molecular weight is 549 g/mol. The first-order chi connectivity index (χ1) is 20.0. The van der Waals surface area contributed by atoms with Crippen LogP contribution in [0.5, 0.6) is 0 Å². The number of nitrogens with one attached hydrogen (secondary N) is 1. The fraction of sp³-hybridized carbons (Fsp3) is 0.351. The molecule has 1 saturated heterocycles. The SMILES string of the molecule is CCCC=CC(=CCCC)c1ccc(C(=O)N2CCC(C(=O)NC(C)c3ccccc3)(c3ccccc3)CC2)cc1. The molecule has 214 valence electrons. The molecule has 4 rings (SSSR count). The molecule has 1 unspecified atom stereocenters. The van der Waals surface area contributed by atoms with Crippen LogP contribution in [0.3, 0.4) is 0 Å². The van der Waals surface area contributed by atoms with Gasteiger partial charge in [-0.05, 0) is 67.0 Å². The number of unbranched alkanes of at least 4 members (excludes halogenated alkanes) is 2. The van der Waals surface area contributed by atoms with Crippen LogP contribution in [0.25, 0.3) is 5.57 Å². The van der Waals surface area contributed by atoms with Crippen LogP contribution in [-0.2, 0) is 10.2 Å². The molecule has 41 heavy (non-hydrogen) atoms. The molecule has 1 aliphatic rings. The van der Waals surface area contributed by atoms with Crippen LogP contribution in [0, 0.1) is 0 Å². The van der Waals surface area contributed by atoms with E-state index in [1.54, 1.807) is 0 Å². The number of amides is 2. The van der Waals surface area contributed by atoms with Crippen LogP contribution in [-0.4, -0.2) is 29.8 Å². The summed E-state index contributed by atoms with van der Waals surface area (Å²) in [7, 11) is 0. The third-order valence-corrected chi connectivity index (χ3v) is 8.18. The maximum Gasteiger partial charge on any atom is 0.253 e. The van der Waals surface area contributed by atoms with Crippen molar-refractivity contribution in [1.29, 1.82) is 0 Å². The fourth-order valence-corrected chi connectivity index (χ4v) is 5.60. The smallest absolute Gasteiger partial charge is 0.253 e. The molecular formula is C37H44N2O2. The molecule has 0 bridgehead atoms. The minimum atomic E-state index is -0.672. The Balaban J connectivity index is 1.48. The summed E-state index contributed by atoms with van der Waals surface area (Å²) in [5, 5.41) is 3.28. The van der Waals surface area contributed by atoms with Gasteiger partial charge >= 0.3 is 0 Å². The standard InChI is InChI=1S/C37H44N2O2/c1-4-6-10-18-31(15-7-5-2)32-21-23-33(24-22-32)35(40)39-27-25-37(26-28-39,34-19-13-9-14-20-34)36(41)38-29(3)30-16-11-8-12-17-30/h8-24,29H,4-7,25-28H2,1-3H3,(H,38,41). The lowest BCUT2D eigenvalue weighted by molar-refractivity contribution is -0.129. The van der Waals surface area contributed by atoms with Gasteiger partial charge in [-0.2, -0.15) is 0 Å². The first-order valence-electron chi connectivity index (χ1n) is 15.2. The van der Waals surface area contributed by atoms with E-state index in [9.17, 15) is 9.59 Å². The highest BCUT2D eigenvalue weighted by Crippen LogP contribution is 2.37. The topological polar surface area (TPSA) is 49.4 Å². The van der Waals surface area contributed by atoms with Gasteiger partial charge < -0.3 is 10.2 Å². The van der Waals surface area contributed by atoms with Crippen molar-refractivity contribution in [3.05, 3.63) is 125 Å². The molecule has 0 radical (unpaired) electrons. The summed E-state index contributed by atoms with van der Waals surface area (Å²) < 4.78 is 0. The second kappa shape index (κ2) is 14.6. The van der Waals surface area contributed by atoms with E-state index in [1.807, 2.05) is 84.6 Å². The van der Waals surface area contributed by atoms with E-state index in [-0.39, 0.29) is 17.9 Å². The van der Waals surface area contributed by atoms with Crippen molar-refractivity contribution in [3.63, 3.8) is 0 Å². The van der Waals surface area contributed by atoms with Gasteiger partial charge in [-0.1, -0.05) is 118 Å². The highest BCUT2D eigenvalue weighted by molar-refractivity contribution is 5.95. The fourth-order valence-electron chi connectivity index (χ4n) is 5.60. The minimum absolute atomic E-state index is 0.0249. The summed E-state index contributed by atoms with van der Waals surface area (Å²) in [6.45, 7) is 7.46. The summed E-state index contributed by atoms with van der Waals surface area (Å²) in [4.78, 5) is 29.3. The van der Waals surface area contributed by atoms with E-state index in [0.717, 1.165) is 42.4 Å². The normalized spacial score (nSPS) is 16.0. The van der Waals surface area contributed by atoms with Gasteiger partial charge in [0.1, 0.15) is 0 Å². The number of hydrogen-bond donors (Lipinski definition) is 1. The zero-order valence-electron chi connectivity index (χ0n) is 24.8. The second-order valence-electron chi connectivity index (χ2n) is 11.1. The number of carbonyl (C=O) groups is 2. The lowest BCUT2D eigenvalue weighted by Gasteiger charge is -2.41. The maximum absolute atomic E-state index is 13.9. The van der Waals surface area contributed by atoms with Crippen LogP contribution in [0.15, 0.2) is 103 Å². The third kappa shape index (κ3) is 7.43. The Hall–Kier alpha value is -3.92. The van der Waals surface area contributed by atoms with Gasteiger partial charge in [0.25, 0.3) is 5.91 Å². The summed E-state index contributed by atoms with van der Waals surface area (Å²) in [5.74, 6) is 0.0518. The quantitative estimate of drug-likeness (QED) is 0.245. The zero-order valence-corrected chi connectivity index (χ0v) is 24.8. The lowest BCUT2D eigenvalue weighted by atomic mass is 9.71. The molecular weight excluding hydrogens is 504 g/mol. The van der Waals surface area contributed by atoms with Gasteiger partial charge in [-0.15, -0.1) is 0 Å². The number of piperidine rings is 1. The molecule has 4 heteroatoms. The zero-order chi connectivity index (χ0) is 29.1. The van der Waals surface area contributed by atoms with Gasteiger partial charge in [0.15, 0.2) is 0 Å².